The first kappa shape index (κ1) is 19.6. The molecule has 0 aliphatic carbocycles. The zero-order valence-electron chi connectivity index (χ0n) is 2.26. The Kier molecular flexibility index (Phi) is 163. The summed E-state index contributed by atoms with van der Waals surface area (Å²) in [7, 11) is 3.11. The molecular formula is LiOPS. The first-order chi connectivity index (χ1) is 1.00. The molecule has 0 spiro atoms. The molecule has 0 aromatic carbocycles. The third-order valence-corrected chi connectivity index (χ3v) is 0. The van der Waals surface area contributed by atoms with Crippen molar-refractivity contribution in [1.29, 1.82) is 0 Å². The van der Waals surface area contributed by atoms with E-state index in [1.165, 1.54) is 0 Å². The zero-order chi connectivity index (χ0) is 2.00. The molecule has 4 radical (unpaired) electrons. The third kappa shape index (κ3) is 11.4. The van der Waals surface area contributed by atoms with Gasteiger partial charge in [0, 0.05) is 32.4 Å². The molecule has 0 aliphatic rings. The predicted octanol–water partition coefficient (Wildman–Crippen LogP) is 0.359. The maximum absolute atomic E-state index is 3.78. The minimum Gasteiger partial charge on any atom is -0.0464 e. The smallest absolute Gasteiger partial charge is 0.0464 e. The van der Waals surface area contributed by atoms with Gasteiger partial charge in [-0.25, -0.2) is 0 Å². The van der Waals surface area contributed by atoms with E-state index in [0.29, 0.717) is 0 Å². The van der Waals surface area contributed by atoms with Crippen LogP contribution in [-0.4, -0.2) is 18.9 Å². The second-order valence-corrected chi connectivity index (χ2v) is 0. The number of hydrogen-bond donors (Lipinski definition) is 0. The summed E-state index contributed by atoms with van der Waals surface area (Å²) in [5, 5.41) is 0. The van der Waals surface area contributed by atoms with Crippen LogP contribution in [0, 0.1) is 0 Å². The topological polar surface area (TPSA) is 28.5 Å². The van der Waals surface area contributed by atoms with E-state index < -0.39 is 0 Å². The maximum Gasteiger partial charge on any atom is 0.0464 e. The molecule has 0 aromatic heterocycles. The van der Waals surface area contributed by atoms with Crippen molar-refractivity contribution in [2.75, 3.05) is 0 Å². The van der Waals surface area contributed by atoms with Crippen molar-refractivity contribution in [3.8, 4) is 0 Å². The fraction of sp³-hybridized carbons (Fsp3) is 0. The van der Waals surface area contributed by atoms with Crippen LogP contribution in [0.5, 0.6) is 0 Å². The van der Waals surface area contributed by atoms with Crippen LogP contribution in [0.3, 0.4) is 0 Å². The van der Waals surface area contributed by atoms with Gasteiger partial charge in [-0.1, -0.05) is 0 Å². The van der Waals surface area contributed by atoms with Gasteiger partial charge in [0.2, 0.25) is 0 Å². The minimum absolute atomic E-state index is 0. The van der Waals surface area contributed by atoms with E-state index >= 15 is 0 Å². The standard InChI is InChI=1S/Li.O.PS/c;;1-2. The summed E-state index contributed by atoms with van der Waals surface area (Å²) in [6.45, 7) is 0. The Morgan fingerprint density at radius 3 is 1.25 bits per heavy atom. The van der Waals surface area contributed by atoms with Crippen LogP contribution >= 0.6 is 8.02 Å². The molecule has 0 amide bonds. The molecule has 0 aromatic rings. The molecule has 0 atom stereocenters. The fourth-order valence-corrected chi connectivity index (χ4v) is 0. The van der Waals surface area contributed by atoms with Crippen LogP contribution in [0.4, 0.5) is 0 Å². The monoisotopic (exact) mass is 86.0 g/mol. The summed E-state index contributed by atoms with van der Waals surface area (Å²) in [6, 6.07) is 0. The predicted molar refractivity (Wildman–Crippen MR) is 20.7 cm³/mol. The third-order valence-electron chi connectivity index (χ3n) is 0. The van der Waals surface area contributed by atoms with E-state index in [2.05, 4.69) is 19.8 Å². The minimum atomic E-state index is 0. The van der Waals surface area contributed by atoms with Crippen molar-refractivity contribution in [2.45, 2.75) is 0 Å². The zero-order valence-corrected chi connectivity index (χ0v) is 3.97. The molecule has 0 unspecified atom stereocenters. The van der Waals surface area contributed by atoms with Crippen molar-refractivity contribution >= 4 is 38.7 Å². The van der Waals surface area contributed by atoms with Gasteiger partial charge in [0.25, 0.3) is 0 Å². The van der Waals surface area contributed by atoms with Crippen LogP contribution in [0.2, 0.25) is 0 Å². The van der Waals surface area contributed by atoms with E-state index in [1.807, 2.05) is 0 Å². The van der Waals surface area contributed by atoms with Gasteiger partial charge in [0.1, 0.15) is 0 Å². The van der Waals surface area contributed by atoms with E-state index in [0.717, 1.165) is 0 Å². The van der Waals surface area contributed by atoms with Crippen LogP contribution < -0.4 is 0 Å². The summed E-state index contributed by atoms with van der Waals surface area (Å²) in [6.07, 6.45) is 0. The molecule has 0 saturated heterocycles. The molecule has 0 heterocycles. The van der Waals surface area contributed by atoms with E-state index in [1.54, 1.807) is 0 Å². The summed E-state index contributed by atoms with van der Waals surface area (Å²) < 4.78 is 0. The molecule has 0 saturated carbocycles. The normalized spacial score (nSPS) is 1.00. The molecular weight excluding hydrogens is 86.0 g/mol. The van der Waals surface area contributed by atoms with Crippen molar-refractivity contribution < 1.29 is 5.48 Å². The van der Waals surface area contributed by atoms with Gasteiger partial charge < -0.3 is 0 Å². The molecule has 0 rings (SSSR count). The Hall–Kier alpha value is 1.08. The largest absolute Gasteiger partial charge is 0.0464 e. The molecule has 4 heteroatoms. The Morgan fingerprint density at radius 2 is 1.25 bits per heavy atom. The second kappa shape index (κ2) is 33.3. The van der Waals surface area contributed by atoms with E-state index in [9.17, 15) is 0 Å². The van der Waals surface area contributed by atoms with E-state index in [-0.39, 0.29) is 24.3 Å². The van der Waals surface area contributed by atoms with Crippen LogP contribution in [-0.2, 0) is 17.3 Å². The van der Waals surface area contributed by atoms with Crippen molar-refractivity contribution in [3.05, 3.63) is 0 Å². The van der Waals surface area contributed by atoms with Gasteiger partial charge in [-0.15, -0.1) is 0 Å². The Labute approximate surface area is 44.5 Å². The number of rotatable bonds is 0. The summed E-state index contributed by atoms with van der Waals surface area (Å²) in [5.41, 5.74) is 0. The average Bonchev–Trinajstić information content (AvgIpc) is 1.00. The van der Waals surface area contributed by atoms with Gasteiger partial charge in [-0.3, -0.25) is 0 Å². The van der Waals surface area contributed by atoms with Crippen molar-refractivity contribution in [3.63, 3.8) is 0 Å². The fourth-order valence-electron chi connectivity index (χ4n) is 0. The van der Waals surface area contributed by atoms with Crippen LogP contribution in [0.15, 0.2) is 0 Å². The Balaban J connectivity index is -0.00000000500. The maximum atomic E-state index is 3.78. The molecule has 1 nitrogen and oxygen atoms in total. The van der Waals surface area contributed by atoms with Crippen LogP contribution in [0.25, 0.3) is 0 Å². The molecule has 0 aliphatic heterocycles. The first-order valence-corrected chi connectivity index (χ1v) is 1.64. The Morgan fingerprint density at radius 1 is 1.25 bits per heavy atom. The summed E-state index contributed by atoms with van der Waals surface area (Å²) >= 11 is 3.78. The molecule has 4 heavy (non-hydrogen) atoms. The molecule has 0 bridgehead atoms. The van der Waals surface area contributed by atoms with Gasteiger partial charge in [-0.2, -0.15) is 0 Å². The van der Waals surface area contributed by atoms with Gasteiger partial charge >= 0.3 is 0 Å². The van der Waals surface area contributed by atoms with Gasteiger partial charge in [0.05, 0.1) is 0 Å². The molecule has 0 fully saturated rings. The number of hydrogen-bond acceptors (Lipinski definition) is 1. The quantitative estimate of drug-likeness (QED) is 0.309. The van der Waals surface area contributed by atoms with Crippen LogP contribution in [0.1, 0.15) is 0 Å². The summed E-state index contributed by atoms with van der Waals surface area (Å²) in [4.78, 5) is 0. The average molecular weight is 86.0 g/mol. The van der Waals surface area contributed by atoms with Crippen molar-refractivity contribution in [2.24, 2.45) is 0 Å². The SMILES string of the molecule is [Li].[O].[P]=S. The Bertz CT molecular complexity index is 8.00. The van der Waals surface area contributed by atoms with Crippen molar-refractivity contribution in [1.82, 2.24) is 0 Å². The van der Waals surface area contributed by atoms with Gasteiger partial charge in [0.15, 0.2) is 0 Å². The second-order valence-electron chi connectivity index (χ2n) is 0. The first-order valence-electron chi connectivity index (χ1n) is 0.183. The van der Waals surface area contributed by atoms with E-state index in [4.69, 9.17) is 0 Å². The molecule has 0 N–H and O–H groups in total. The summed E-state index contributed by atoms with van der Waals surface area (Å²) in [5.74, 6) is 0. The molecule has 18 valence electrons. The van der Waals surface area contributed by atoms with Gasteiger partial charge in [-0.05, 0) is 11.8 Å².